The van der Waals surface area contributed by atoms with Gasteiger partial charge < -0.3 is 14.2 Å². The van der Waals surface area contributed by atoms with Gasteiger partial charge in [-0.15, -0.1) is 0 Å². The Labute approximate surface area is 232 Å². The Morgan fingerprint density at radius 3 is 1.68 bits per heavy atom. The highest BCUT2D eigenvalue weighted by atomic mass is 19.2. The van der Waals surface area contributed by atoms with E-state index in [0.29, 0.717) is 35.8 Å². The molecule has 0 bridgehead atoms. The van der Waals surface area contributed by atoms with Gasteiger partial charge in [-0.25, -0.2) is 18.0 Å². The molecule has 208 valence electrons. The van der Waals surface area contributed by atoms with Crippen LogP contribution in [-0.4, -0.2) is 19.2 Å². The number of carbonyl (C=O) groups is 1. The van der Waals surface area contributed by atoms with Crippen LogP contribution in [0.3, 0.4) is 0 Å². The van der Waals surface area contributed by atoms with Crippen molar-refractivity contribution in [3.05, 3.63) is 102 Å². The number of carbonyl (C=O) groups excluding carboxylic acids is 1. The lowest BCUT2D eigenvalue weighted by atomic mass is 9.98. The van der Waals surface area contributed by atoms with E-state index in [2.05, 4.69) is 6.92 Å². The molecule has 4 aromatic carbocycles. The van der Waals surface area contributed by atoms with Crippen molar-refractivity contribution in [3.8, 4) is 39.5 Å². The summed E-state index contributed by atoms with van der Waals surface area (Å²) >= 11 is 0. The summed E-state index contributed by atoms with van der Waals surface area (Å²) in [5, 5.41) is 0. The van der Waals surface area contributed by atoms with Crippen LogP contribution in [0.2, 0.25) is 0 Å². The van der Waals surface area contributed by atoms with Gasteiger partial charge in [-0.3, -0.25) is 0 Å². The highest BCUT2D eigenvalue weighted by Crippen LogP contribution is 2.32. The van der Waals surface area contributed by atoms with Gasteiger partial charge >= 0.3 is 5.97 Å². The van der Waals surface area contributed by atoms with E-state index in [1.807, 2.05) is 6.92 Å². The summed E-state index contributed by atoms with van der Waals surface area (Å²) in [6.45, 7) is 5.17. The Morgan fingerprint density at radius 2 is 1.15 bits per heavy atom. The predicted molar refractivity (Wildman–Crippen MR) is 149 cm³/mol. The van der Waals surface area contributed by atoms with Crippen LogP contribution in [0, 0.1) is 17.5 Å². The van der Waals surface area contributed by atoms with Gasteiger partial charge in [0.05, 0.1) is 18.8 Å². The van der Waals surface area contributed by atoms with Crippen molar-refractivity contribution in [2.45, 2.75) is 39.5 Å². The van der Waals surface area contributed by atoms with Gasteiger partial charge in [0.25, 0.3) is 0 Å². The molecule has 0 spiro atoms. The molecule has 4 rings (SSSR count). The van der Waals surface area contributed by atoms with Crippen molar-refractivity contribution in [2.24, 2.45) is 0 Å². The highest BCUT2D eigenvalue weighted by molar-refractivity contribution is 5.91. The summed E-state index contributed by atoms with van der Waals surface area (Å²) in [6, 6.07) is 19.7. The third-order valence-electron chi connectivity index (χ3n) is 6.32. The highest BCUT2D eigenvalue weighted by Gasteiger charge is 2.18. The average Bonchev–Trinajstić information content (AvgIpc) is 2.97. The summed E-state index contributed by atoms with van der Waals surface area (Å²) in [6.07, 6.45) is 3.75. The second-order valence-electron chi connectivity index (χ2n) is 9.28. The fraction of sp³-hybridized carbons (Fsp3) is 0.242. The zero-order valence-electron chi connectivity index (χ0n) is 22.5. The van der Waals surface area contributed by atoms with E-state index in [-0.39, 0.29) is 22.4 Å². The van der Waals surface area contributed by atoms with Gasteiger partial charge in [0, 0.05) is 17.2 Å². The van der Waals surface area contributed by atoms with Crippen molar-refractivity contribution in [1.82, 2.24) is 0 Å². The first-order valence-electron chi connectivity index (χ1n) is 13.4. The first kappa shape index (κ1) is 28.7. The number of ether oxygens (including phenoxy) is 3. The molecule has 0 heterocycles. The molecule has 0 aliphatic rings. The van der Waals surface area contributed by atoms with Gasteiger partial charge in [0.1, 0.15) is 11.5 Å². The molecule has 0 atom stereocenters. The summed E-state index contributed by atoms with van der Waals surface area (Å²) in [5.74, 6) is -2.70. The molecule has 0 unspecified atom stereocenters. The number of unbranched alkanes of at least 4 members (excludes halogenated alkanes) is 2. The Bertz CT molecular complexity index is 1430. The number of esters is 1. The normalized spacial score (nSPS) is 10.8. The van der Waals surface area contributed by atoms with Gasteiger partial charge in [-0.1, -0.05) is 63.1 Å². The second kappa shape index (κ2) is 13.7. The van der Waals surface area contributed by atoms with Crippen LogP contribution in [0.25, 0.3) is 22.3 Å². The summed E-state index contributed by atoms with van der Waals surface area (Å²) < 4.78 is 60.8. The predicted octanol–water partition coefficient (Wildman–Crippen LogP) is 9.01. The van der Waals surface area contributed by atoms with Crippen molar-refractivity contribution in [2.75, 3.05) is 13.2 Å². The molecular weight excluding hydrogens is 517 g/mol. The Morgan fingerprint density at radius 1 is 0.650 bits per heavy atom. The smallest absolute Gasteiger partial charge is 0.343 e. The fourth-order valence-corrected chi connectivity index (χ4v) is 3.99. The van der Waals surface area contributed by atoms with Crippen LogP contribution in [0.4, 0.5) is 13.2 Å². The molecule has 0 fully saturated rings. The van der Waals surface area contributed by atoms with Gasteiger partial charge in [-0.2, -0.15) is 0 Å². The number of benzene rings is 4. The average molecular weight is 549 g/mol. The lowest BCUT2D eigenvalue weighted by molar-refractivity contribution is 0.0727. The van der Waals surface area contributed by atoms with Crippen LogP contribution in [0.5, 0.6) is 17.2 Å². The van der Waals surface area contributed by atoms with E-state index in [1.165, 1.54) is 48.5 Å². The number of hydrogen-bond donors (Lipinski definition) is 0. The lowest BCUT2D eigenvalue weighted by Gasteiger charge is -2.11. The van der Waals surface area contributed by atoms with E-state index >= 15 is 8.78 Å². The minimum atomic E-state index is -1.00. The first-order chi connectivity index (χ1) is 19.4. The molecule has 0 saturated heterocycles. The van der Waals surface area contributed by atoms with Crippen LogP contribution in [0.1, 0.15) is 49.9 Å². The third-order valence-corrected chi connectivity index (χ3v) is 6.32. The Balaban J connectivity index is 1.44. The monoisotopic (exact) mass is 548 g/mol. The SMILES string of the molecule is CCCCOc1ccc(-c2ccc(-c3ccc(C(=O)Oc4ccc(OCCCC)cc4F)cc3)c(F)c2F)cc1. The van der Waals surface area contributed by atoms with Crippen LogP contribution in [-0.2, 0) is 0 Å². The minimum absolute atomic E-state index is 0.0467. The molecule has 0 saturated carbocycles. The molecule has 0 radical (unpaired) electrons. The summed E-state index contributed by atoms with van der Waals surface area (Å²) in [7, 11) is 0. The largest absolute Gasteiger partial charge is 0.494 e. The van der Waals surface area contributed by atoms with E-state index in [4.69, 9.17) is 14.2 Å². The molecular formula is C33H31F3O4. The van der Waals surface area contributed by atoms with E-state index in [0.717, 1.165) is 31.7 Å². The number of rotatable bonds is 12. The minimum Gasteiger partial charge on any atom is -0.494 e. The molecule has 0 aliphatic carbocycles. The maximum absolute atomic E-state index is 15.1. The van der Waals surface area contributed by atoms with E-state index < -0.39 is 23.4 Å². The number of hydrogen-bond acceptors (Lipinski definition) is 4. The van der Waals surface area contributed by atoms with Crippen LogP contribution >= 0.6 is 0 Å². The van der Waals surface area contributed by atoms with E-state index in [1.54, 1.807) is 24.3 Å². The fourth-order valence-electron chi connectivity index (χ4n) is 3.99. The van der Waals surface area contributed by atoms with Crippen LogP contribution < -0.4 is 14.2 Å². The van der Waals surface area contributed by atoms with Crippen LogP contribution in [0.15, 0.2) is 78.9 Å². The standard InChI is InChI=1S/C33H31F3O4/c1-3-5-19-38-25-13-11-23(12-14-25)28-17-16-27(31(35)32(28)36)22-7-9-24(10-8-22)33(37)40-30-18-15-26(21-29(30)34)39-20-6-4-2/h7-18,21H,3-6,19-20H2,1-2H3. The molecule has 7 heteroatoms. The van der Waals surface area contributed by atoms with Gasteiger partial charge in [0.15, 0.2) is 23.2 Å². The molecule has 0 amide bonds. The third kappa shape index (κ3) is 7.03. The zero-order chi connectivity index (χ0) is 28.5. The van der Waals surface area contributed by atoms with Crippen molar-refractivity contribution in [1.29, 1.82) is 0 Å². The van der Waals surface area contributed by atoms with Crippen molar-refractivity contribution < 1.29 is 32.2 Å². The topological polar surface area (TPSA) is 44.8 Å². The molecule has 40 heavy (non-hydrogen) atoms. The maximum Gasteiger partial charge on any atom is 0.343 e. The first-order valence-corrected chi connectivity index (χ1v) is 13.4. The summed E-state index contributed by atoms with van der Waals surface area (Å²) in [4.78, 5) is 12.6. The summed E-state index contributed by atoms with van der Waals surface area (Å²) in [5.41, 5.74) is 1.21. The zero-order valence-corrected chi connectivity index (χ0v) is 22.5. The molecule has 4 aromatic rings. The van der Waals surface area contributed by atoms with E-state index in [9.17, 15) is 9.18 Å². The quantitative estimate of drug-likeness (QED) is 0.101. The number of halogens is 3. The lowest BCUT2D eigenvalue weighted by Crippen LogP contribution is -2.09. The molecule has 4 nitrogen and oxygen atoms in total. The van der Waals surface area contributed by atoms with Gasteiger partial charge in [0.2, 0.25) is 0 Å². The molecule has 0 aromatic heterocycles. The van der Waals surface area contributed by atoms with Crippen molar-refractivity contribution in [3.63, 3.8) is 0 Å². The maximum atomic E-state index is 15.1. The Kier molecular flexibility index (Phi) is 9.84. The molecule has 0 N–H and O–H groups in total. The van der Waals surface area contributed by atoms with Crippen molar-refractivity contribution >= 4 is 5.97 Å². The second-order valence-corrected chi connectivity index (χ2v) is 9.28. The Hall–Kier alpha value is -4.26. The molecule has 0 aliphatic heterocycles. The van der Waals surface area contributed by atoms with Gasteiger partial charge in [-0.05, 0) is 60.4 Å².